The molecule has 0 aromatic heterocycles. The molecule has 5 saturated heterocycles. The summed E-state index contributed by atoms with van der Waals surface area (Å²) in [6.45, 7) is 10.8. The standard InChI is InChI=1S/C31H42O11/c1-13-11-17(39-25(13)35)22(38-15(3)32)14(2)21-23-28(21,6)9-10-29-16(24(34)31(23,37)42-29)7-8-18-27(4,5)40-19-12-20(33)41-30(18,19)26(29)36/h13-14,16-19,21-23,26,36-37H,7-12H2,1-6H3/t13?,14?,16-,17+,18-,19-,21-,22?,23-,26?,28-,29-,30-,31+/m1/s1. The second-order valence-corrected chi connectivity index (χ2v) is 15.0. The van der Waals surface area contributed by atoms with Crippen molar-refractivity contribution in [3.8, 4) is 0 Å². The van der Waals surface area contributed by atoms with Crippen molar-refractivity contribution in [3.05, 3.63) is 0 Å². The maximum atomic E-state index is 14.3. The fourth-order valence-corrected chi connectivity index (χ4v) is 10.7. The Kier molecular flexibility index (Phi) is 5.84. The molecule has 2 N–H and O–H groups in total. The highest BCUT2D eigenvalue weighted by Gasteiger charge is 2.85. The van der Waals surface area contributed by atoms with Gasteiger partial charge in [0.25, 0.3) is 0 Å². The molecule has 7 fully saturated rings. The third-order valence-electron chi connectivity index (χ3n) is 12.4. The first-order chi connectivity index (χ1) is 19.5. The summed E-state index contributed by atoms with van der Waals surface area (Å²) in [5.41, 5.74) is -4.08. The lowest BCUT2D eigenvalue weighted by atomic mass is 9.67. The maximum Gasteiger partial charge on any atom is 0.309 e. The van der Waals surface area contributed by atoms with Gasteiger partial charge in [0.15, 0.2) is 11.4 Å². The molecule has 0 amide bonds. The normalized spacial score (nSPS) is 53.0. The van der Waals surface area contributed by atoms with Gasteiger partial charge in [-0.05, 0) is 50.9 Å². The van der Waals surface area contributed by atoms with Crippen LogP contribution in [0.1, 0.15) is 80.1 Å². The van der Waals surface area contributed by atoms with E-state index in [-0.39, 0.29) is 42.5 Å². The minimum atomic E-state index is -2.17. The van der Waals surface area contributed by atoms with E-state index < -0.39 is 82.0 Å². The van der Waals surface area contributed by atoms with Crippen LogP contribution in [0.25, 0.3) is 0 Å². The molecular weight excluding hydrogens is 548 g/mol. The summed E-state index contributed by atoms with van der Waals surface area (Å²) in [4.78, 5) is 51.3. The molecule has 11 heteroatoms. The zero-order chi connectivity index (χ0) is 30.4. The van der Waals surface area contributed by atoms with Crippen molar-refractivity contribution in [3.63, 3.8) is 0 Å². The second-order valence-electron chi connectivity index (χ2n) is 15.0. The molecule has 4 unspecified atom stereocenters. The molecule has 2 spiro atoms. The van der Waals surface area contributed by atoms with Crippen molar-refractivity contribution in [2.75, 3.05) is 0 Å². The summed E-state index contributed by atoms with van der Waals surface area (Å²) in [5.74, 6) is -6.62. The van der Waals surface area contributed by atoms with Crippen molar-refractivity contribution >= 4 is 23.7 Å². The van der Waals surface area contributed by atoms with Gasteiger partial charge in [0.2, 0.25) is 5.79 Å². The number of esters is 3. The van der Waals surface area contributed by atoms with Crippen molar-refractivity contribution < 1.29 is 53.1 Å². The number of aliphatic hydroxyl groups excluding tert-OH is 1. The van der Waals surface area contributed by atoms with Gasteiger partial charge in [-0.3, -0.25) is 19.2 Å². The highest BCUT2D eigenvalue weighted by atomic mass is 16.7. The minimum Gasteiger partial charge on any atom is -0.458 e. The van der Waals surface area contributed by atoms with Crippen LogP contribution in [0.15, 0.2) is 0 Å². The largest absolute Gasteiger partial charge is 0.458 e. The number of aliphatic hydroxyl groups is 2. The summed E-state index contributed by atoms with van der Waals surface area (Å²) in [6.07, 6.45) is -1.37. The van der Waals surface area contributed by atoms with Gasteiger partial charge in [-0.1, -0.05) is 20.8 Å². The number of hydrogen-bond acceptors (Lipinski definition) is 11. The molecule has 7 rings (SSSR count). The zero-order valence-corrected chi connectivity index (χ0v) is 25.1. The Bertz CT molecular complexity index is 1260. The number of rotatable bonds is 4. The molecule has 7 aliphatic rings. The number of cyclic esters (lactones) is 1. The molecule has 2 saturated carbocycles. The van der Waals surface area contributed by atoms with E-state index in [9.17, 15) is 29.4 Å². The first-order valence-corrected chi connectivity index (χ1v) is 15.4. The number of hydrogen-bond donors (Lipinski definition) is 2. The molecule has 11 nitrogen and oxygen atoms in total. The van der Waals surface area contributed by atoms with E-state index in [1.54, 1.807) is 6.92 Å². The Morgan fingerprint density at radius 3 is 2.48 bits per heavy atom. The predicted octanol–water partition coefficient (Wildman–Crippen LogP) is 1.83. The topological polar surface area (TPSA) is 155 Å². The molecule has 0 aromatic carbocycles. The average Bonchev–Trinajstić information content (AvgIpc) is 2.99. The first-order valence-electron chi connectivity index (χ1n) is 15.4. The Morgan fingerprint density at radius 1 is 1.12 bits per heavy atom. The SMILES string of the molecule is CC(=O)OC(C(C)[C@@H]1[C@@H]2[C@]1(C)CC[C@@]13O[C@]2(O)C(=O)[C@H]1CC[C@@H]1C(C)(C)O[C@@H]2CC(=O)O[C@]12C3O)[C@@H]1CC(C)C(=O)O1. The van der Waals surface area contributed by atoms with Gasteiger partial charge >= 0.3 is 17.9 Å². The summed E-state index contributed by atoms with van der Waals surface area (Å²) >= 11 is 0. The van der Waals surface area contributed by atoms with Crippen molar-refractivity contribution in [1.29, 1.82) is 0 Å². The Hall–Kier alpha value is -2.08. The summed E-state index contributed by atoms with van der Waals surface area (Å²) in [7, 11) is 0. The van der Waals surface area contributed by atoms with Crippen LogP contribution in [0.4, 0.5) is 0 Å². The lowest BCUT2D eigenvalue weighted by Crippen LogP contribution is -2.63. The Balaban J connectivity index is 1.24. The lowest BCUT2D eigenvalue weighted by molar-refractivity contribution is -0.276. The molecule has 14 atom stereocenters. The van der Waals surface area contributed by atoms with Crippen LogP contribution in [0.5, 0.6) is 0 Å². The second kappa shape index (κ2) is 8.55. The van der Waals surface area contributed by atoms with Crippen LogP contribution in [-0.4, -0.2) is 80.9 Å². The van der Waals surface area contributed by atoms with E-state index in [4.69, 9.17) is 23.7 Å². The molecule has 2 bridgehead atoms. The van der Waals surface area contributed by atoms with Crippen LogP contribution in [0.3, 0.4) is 0 Å². The van der Waals surface area contributed by atoms with Crippen LogP contribution >= 0.6 is 0 Å². The highest BCUT2D eigenvalue weighted by Crippen LogP contribution is 2.76. The zero-order valence-electron chi connectivity index (χ0n) is 25.1. The average molecular weight is 591 g/mol. The quantitative estimate of drug-likeness (QED) is 0.364. The minimum absolute atomic E-state index is 0.0117. The first kappa shape index (κ1) is 28.7. The molecule has 42 heavy (non-hydrogen) atoms. The van der Waals surface area contributed by atoms with Crippen molar-refractivity contribution in [2.45, 2.75) is 127 Å². The highest BCUT2D eigenvalue weighted by molar-refractivity contribution is 5.92. The number of ketones is 1. The van der Waals surface area contributed by atoms with E-state index in [1.165, 1.54) is 6.92 Å². The fraction of sp³-hybridized carbons (Fsp3) is 0.871. The summed E-state index contributed by atoms with van der Waals surface area (Å²) < 4.78 is 30.2. The van der Waals surface area contributed by atoms with Crippen LogP contribution in [0.2, 0.25) is 0 Å². The molecular formula is C31H42O11. The number of ether oxygens (including phenoxy) is 5. The summed E-state index contributed by atoms with van der Waals surface area (Å²) in [5, 5.41) is 24.5. The molecule has 2 aliphatic carbocycles. The molecule has 5 heterocycles. The number of fused-ring (bicyclic) bond motifs is 3. The van der Waals surface area contributed by atoms with E-state index in [1.807, 2.05) is 27.7 Å². The molecule has 232 valence electrons. The van der Waals surface area contributed by atoms with E-state index in [2.05, 4.69) is 0 Å². The third-order valence-corrected chi connectivity index (χ3v) is 12.4. The van der Waals surface area contributed by atoms with Crippen molar-refractivity contribution in [1.82, 2.24) is 0 Å². The smallest absolute Gasteiger partial charge is 0.309 e. The van der Waals surface area contributed by atoms with Gasteiger partial charge in [-0.25, -0.2) is 0 Å². The van der Waals surface area contributed by atoms with Crippen LogP contribution in [0, 0.1) is 40.9 Å². The Morgan fingerprint density at radius 2 is 1.83 bits per heavy atom. The Labute approximate surface area is 244 Å². The maximum absolute atomic E-state index is 14.3. The predicted molar refractivity (Wildman–Crippen MR) is 141 cm³/mol. The van der Waals surface area contributed by atoms with Gasteiger partial charge in [-0.2, -0.15) is 0 Å². The van der Waals surface area contributed by atoms with Crippen LogP contribution in [-0.2, 0) is 42.9 Å². The summed E-state index contributed by atoms with van der Waals surface area (Å²) in [6, 6.07) is 0. The number of Topliss-reactive ketones (excluding diaryl/α,β-unsaturated/α-hetero) is 1. The van der Waals surface area contributed by atoms with Gasteiger partial charge in [0.05, 0.1) is 23.9 Å². The van der Waals surface area contributed by atoms with Gasteiger partial charge in [0, 0.05) is 31.1 Å². The van der Waals surface area contributed by atoms with Crippen LogP contribution < -0.4 is 0 Å². The molecule has 0 aromatic rings. The molecule has 0 radical (unpaired) electrons. The third kappa shape index (κ3) is 3.37. The number of carbonyl (C=O) groups excluding carboxylic acids is 4. The fourth-order valence-electron chi connectivity index (χ4n) is 10.7. The van der Waals surface area contributed by atoms with Gasteiger partial charge in [0.1, 0.15) is 30.0 Å². The van der Waals surface area contributed by atoms with E-state index >= 15 is 0 Å². The van der Waals surface area contributed by atoms with Crippen molar-refractivity contribution in [2.24, 2.45) is 40.9 Å². The lowest BCUT2D eigenvalue weighted by Gasteiger charge is -2.45. The van der Waals surface area contributed by atoms with E-state index in [0.717, 1.165) is 0 Å². The van der Waals surface area contributed by atoms with Gasteiger partial charge < -0.3 is 33.9 Å². The number of carbonyl (C=O) groups is 4. The molecule has 5 aliphatic heterocycles. The van der Waals surface area contributed by atoms with Gasteiger partial charge in [-0.15, -0.1) is 0 Å². The monoisotopic (exact) mass is 590 g/mol. The van der Waals surface area contributed by atoms with E-state index in [0.29, 0.717) is 25.7 Å².